The molecule has 0 aliphatic heterocycles. The number of carbonyl (C=O) groups excluding carboxylic acids is 1. The molecule has 2 atom stereocenters. The molecule has 0 fully saturated rings. The third kappa shape index (κ3) is 4.75. The van der Waals surface area contributed by atoms with Gasteiger partial charge in [0, 0.05) is 6.04 Å². The number of carboxylic acid groups (broad SMARTS) is 1. The molecule has 5 nitrogen and oxygen atoms in total. The number of nitrogens with one attached hydrogen (secondary N) is 2. The minimum absolute atomic E-state index is 0.0362. The summed E-state index contributed by atoms with van der Waals surface area (Å²) in [5.41, 5.74) is 1.16. The first-order chi connectivity index (χ1) is 8.52. The van der Waals surface area contributed by atoms with Gasteiger partial charge in [-0.25, -0.2) is 9.59 Å². The number of carboxylic acids is 1. The summed E-state index contributed by atoms with van der Waals surface area (Å²) in [7, 11) is 0. The molecule has 1 aromatic heterocycles. The molecule has 6 heteroatoms. The van der Waals surface area contributed by atoms with Gasteiger partial charge in [0.1, 0.15) is 6.04 Å². The molecular weight excluding hydrogens is 252 g/mol. The quantitative estimate of drug-likeness (QED) is 0.738. The molecule has 3 N–H and O–H groups in total. The lowest BCUT2D eigenvalue weighted by atomic mass is 10.1. The molecule has 18 heavy (non-hydrogen) atoms. The topological polar surface area (TPSA) is 78.4 Å². The van der Waals surface area contributed by atoms with E-state index in [0.717, 1.165) is 12.0 Å². The number of hydrogen-bond acceptors (Lipinski definition) is 3. The van der Waals surface area contributed by atoms with Gasteiger partial charge in [-0.2, -0.15) is 11.3 Å². The van der Waals surface area contributed by atoms with Crippen molar-refractivity contribution in [3.63, 3.8) is 0 Å². The second-order valence-electron chi connectivity index (χ2n) is 4.15. The molecule has 0 aliphatic carbocycles. The van der Waals surface area contributed by atoms with Gasteiger partial charge >= 0.3 is 12.0 Å². The second-order valence-corrected chi connectivity index (χ2v) is 4.93. The van der Waals surface area contributed by atoms with Crippen LogP contribution in [-0.2, 0) is 11.2 Å². The Labute approximate surface area is 110 Å². The molecule has 0 spiro atoms. The molecular formula is C12H18N2O3S. The average Bonchev–Trinajstić information content (AvgIpc) is 2.77. The second kappa shape index (κ2) is 7.00. The number of thiophene rings is 1. The maximum Gasteiger partial charge on any atom is 0.326 e. The lowest BCUT2D eigenvalue weighted by Gasteiger charge is -2.17. The van der Waals surface area contributed by atoms with Crippen molar-refractivity contribution in [1.29, 1.82) is 0 Å². The van der Waals surface area contributed by atoms with E-state index in [0.29, 0.717) is 6.42 Å². The molecule has 0 bridgehead atoms. The SMILES string of the molecule is CC[C@H](NC(=O)NC(C)Cc1ccsc1)C(=O)O. The predicted molar refractivity (Wildman–Crippen MR) is 70.9 cm³/mol. The highest BCUT2D eigenvalue weighted by atomic mass is 32.1. The molecule has 0 saturated carbocycles. The molecule has 1 unspecified atom stereocenters. The van der Waals surface area contributed by atoms with Crippen molar-refractivity contribution in [2.45, 2.75) is 38.8 Å². The molecule has 1 heterocycles. The summed E-state index contributed by atoms with van der Waals surface area (Å²) in [4.78, 5) is 22.3. The van der Waals surface area contributed by atoms with Crippen molar-refractivity contribution < 1.29 is 14.7 Å². The van der Waals surface area contributed by atoms with Crippen LogP contribution in [0.5, 0.6) is 0 Å². The highest BCUT2D eigenvalue weighted by Gasteiger charge is 2.18. The highest BCUT2D eigenvalue weighted by molar-refractivity contribution is 7.07. The Hall–Kier alpha value is -1.56. The first-order valence-corrected chi connectivity index (χ1v) is 6.78. The van der Waals surface area contributed by atoms with Gasteiger partial charge in [-0.05, 0) is 42.2 Å². The Morgan fingerprint density at radius 2 is 2.17 bits per heavy atom. The van der Waals surface area contributed by atoms with Gasteiger partial charge < -0.3 is 15.7 Å². The lowest BCUT2D eigenvalue weighted by molar-refractivity contribution is -0.139. The first-order valence-electron chi connectivity index (χ1n) is 5.83. The summed E-state index contributed by atoms with van der Waals surface area (Å²) < 4.78 is 0. The van der Waals surface area contributed by atoms with E-state index in [9.17, 15) is 9.59 Å². The molecule has 2 amide bonds. The van der Waals surface area contributed by atoms with Crippen LogP contribution in [0.15, 0.2) is 16.8 Å². The van der Waals surface area contributed by atoms with Gasteiger partial charge in [-0.3, -0.25) is 0 Å². The monoisotopic (exact) mass is 270 g/mol. The van der Waals surface area contributed by atoms with E-state index in [1.54, 1.807) is 18.3 Å². The summed E-state index contributed by atoms with van der Waals surface area (Å²) in [5.74, 6) is -1.02. The Morgan fingerprint density at radius 3 is 2.67 bits per heavy atom. The van der Waals surface area contributed by atoms with Gasteiger partial charge in [0.05, 0.1) is 0 Å². The van der Waals surface area contributed by atoms with E-state index in [4.69, 9.17) is 5.11 Å². The van der Waals surface area contributed by atoms with Crippen LogP contribution in [-0.4, -0.2) is 29.2 Å². The number of carbonyl (C=O) groups is 2. The number of aliphatic carboxylic acids is 1. The zero-order valence-electron chi connectivity index (χ0n) is 10.5. The van der Waals surface area contributed by atoms with Crippen molar-refractivity contribution in [3.8, 4) is 0 Å². The number of hydrogen-bond donors (Lipinski definition) is 3. The maximum absolute atomic E-state index is 11.6. The van der Waals surface area contributed by atoms with E-state index in [-0.39, 0.29) is 6.04 Å². The molecule has 0 aliphatic rings. The smallest absolute Gasteiger partial charge is 0.326 e. The average molecular weight is 270 g/mol. The summed E-state index contributed by atoms with van der Waals surface area (Å²) in [6.07, 6.45) is 1.10. The van der Waals surface area contributed by atoms with Crippen LogP contribution in [0.3, 0.4) is 0 Å². The van der Waals surface area contributed by atoms with Crippen LogP contribution in [0.4, 0.5) is 4.79 Å². The van der Waals surface area contributed by atoms with Crippen LogP contribution < -0.4 is 10.6 Å². The standard InChI is InChI=1S/C12H18N2O3S/c1-3-10(11(15)16)14-12(17)13-8(2)6-9-4-5-18-7-9/h4-5,7-8,10H,3,6H2,1-2H3,(H,15,16)(H2,13,14,17)/t8?,10-/m0/s1. The fourth-order valence-corrected chi connectivity index (χ4v) is 2.26. The Kier molecular flexibility index (Phi) is 5.64. The Bertz CT molecular complexity index is 392. The van der Waals surface area contributed by atoms with Gasteiger partial charge in [0.2, 0.25) is 0 Å². The van der Waals surface area contributed by atoms with Crippen molar-refractivity contribution in [3.05, 3.63) is 22.4 Å². The first kappa shape index (κ1) is 14.5. The zero-order valence-corrected chi connectivity index (χ0v) is 11.3. The van der Waals surface area contributed by atoms with Crippen molar-refractivity contribution in [2.75, 3.05) is 0 Å². The van der Waals surface area contributed by atoms with Crippen LogP contribution in [0.25, 0.3) is 0 Å². The maximum atomic E-state index is 11.6. The molecule has 1 rings (SSSR count). The van der Waals surface area contributed by atoms with E-state index in [2.05, 4.69) is 10.6 Å². The van der Waals surface area contributed by atoms with Crippen molar-refractivity contribution in [1.82, 2.24) is 10.6 Å². The summed E-state index contributed by atoms with van der Waals surface area (Å²) >= 11 is 1.61. The molecule has 1 aromatic rings. The van der Waals surface area contributed by atoms with Crippen molar-refractivity contribution >= 4 is 23.3 Å². The van der Waals surface area contributed by atoms with Gasteiger partial charge in [-0.15, -0.1) is 0 Å². The number of urea groups is 1. The number of amides is 2. The summed E-state index contributed by atoms with van der Waals surface area (Å²) in [6, 6.07) is 0.698. The minimum atomic E-state index is -1.02. The van der Waals surface area contributed by atoms with Gasteiger partial charge in [0.15, 0.2) is 0 Å². The van der Waals surface area contributed by atoms with E-state index < -0.39 is 18.0 Å². The van der Waals surface area contributed by atoms with Gasteiger partial charge in [0.25, 0.3) is 0 Å². The molecule has 0 saturated heterocycles. The molecule has 0 radical (unpaired) electrons. The number of rotatable bonds is 6. The predicted octanol–water partition coefficient (Wildman–Crippen LogP) is 1.84. The fourth-order valence-electron chi connectivity index (χ4n) is 1.58. The Morgan fingerprint density at radius 1 is 1.44 bits per heavy atom. The normalized spacial score (nSPS) is 13.7. The van der Waals surface area contributed by atoms with Crippen LogP contribution in [0.2, 0.25) is 0 Å². The summed E-state index contributed by atoms with van der Waals surface area (Å²) in [5, 5.41) is 18.0. The van der Waals surface area contributed by atoms with Crippen LogP contribution >= 0.6 is 11.3 Å². The third-order valence-electron chi connectivity index (χ3n) is 2.51. The summed E-state index contributed by atoms with van der Waals surface area (Å²) in [6.45, 7) is 3.60. The fraction of sp³-hybridized carbons (Fsp3) is 0.500. The molecule has 0 aromatic carbocycles. The van der Waals surface area contributed by atoms with Crippen molar-refractivity contribution in [2.24, 2.45) is 0 Å². The Balaban J connectivity index is 2.37. The third-order valence-corrected chi connectivity index (χ3v) is 3.24. The van der Waals surface area contributed by atoms with Gasteiger partial charge in [-0.1, -0.05) is 6.92 Å². The highest BCUT2D eigenvalue weighted by Crippen LogP contribution is 2.08. The largest absolute Gasteiger partial charge is 0.480 e. The zero-order chi connectivity index (χ0) is 13.5. The van der Waals surface area contributed by atoms with Crippen LogP contribution in [0.1, 0.15) is 25.8 Å². The van der Waals surface area contributed by atoms with E-state index >= 15 is 0 Å². The van der Waals surface area contributed by atoms with E-state index in [1.807, 2.05) is 23.8 Å². The minimum Gasteiger partial charge on any atom is -0.480 e. The van der Waals surface area contributed by atoms with E-state index in [1.165, 1.54) is 0 Å². The van der Waals surface area contributed by atoms with Crippen LogP contribution in [0, 0.1) is 0 Å². The lowest BCUT2D eigenvalue weighted by Crippen LogP contribution is -2.48. The molecule has 100 valence electrons.